The highest BCUT2D eigenvalue weighted by molar-refractivity contribution is 8.14. The molecule has 5 rings (SSSR count). The summed E-state index contributed by atoms with van der Waals surface area (Å²) in [4.78, 5) is 15.4. The Hall–Kier alpha value is -2.77. The normalized spacial score (nSPS) is 18.5. The van der Waals surface area contributed by atoms with Gasteiger partial charge in [0.05, 0.1) is 26.9 Å². The lowest BCUT2D eigenvalue weighted by molar-refractivity contribution is 0.142. The summed E-state index contributed by atoms with van der Waals surface area (Å²) in [7, 11) is -3.67. The number of thioether (sulfide) groups is 1. The standard InChI is InChI=1S/C23H26F2N6O3S2/c1-23(2)10-35-22(31-23)12-6-7-13(15(8-12)36(3,33)34)26-14-9-16(28-21(32)11-4-5-11)27-19-17(14)29-20(30-19)18(24)25/h6-9,11,18,21,32H,4-5,10H2,1-3H3,(H3,26,27,28,29,30). The maximum Gasteiger partial charge on any atom is 0.295 e. The molecule has 0 amide bonds. The van der Waals surface area contributed by atoms with Crippen LogP contribution >= 0.6 is 11.8 Å². The zero-order valence-electron chi connectivity index (χ0n) is 19.8. The van der Waals surface area contributed by atoms with Crippen molar-refractivity contribution in [2.75, 3.05) is 22.6 Å². The fourth-order valence-corrected chi connectivity index (χ4v) is 5.93. The van der Waals surface area contributed by atoms with Gasteiger partial charge >= 0.3 is 0 Å². The van der Waals surface area contributed by atoms with Crippen molar-refractivity contribution in [2.45, 2.75) is 49.8 Å². The SMILES string of the molecule is CC1(C)CSC(c2ccc(Nc3cc(NC(O)C4CC4)nc4nc(C(F)F)[nH]c34)c(S(C)(=O)=O)c2)=N1. The molecule has 1 atom stereocenters. The lowest BCUT2D eigenvalue weighted by Gasteiger charge is -2.16. The largest absolute Gasteiger partial charge is 0.373 e. The van der Waals surface area contributed by atoms with Gasteiger partial charge in [-0.1, -0.05) is 6.07 Å². The van der Waals surface area contributed by atoms with Crippen molar-refractivity contribution < 1.29 is 22.3 Å². The quantitative estimate of drug-likeness (QED) is 0.310. The molecule has 1 aromatic carbocycles. The number of benzene rings is 1. The molecular weight excluding hydrogens is 510 g/mol. The van der Waals surface area contributed by atoms with Crippen molar-refractivity contribution in [3.63, 3.8) is 0 Å². The van der Waals surface area contributed by atoms with E-state index in [0.29, 0.717) is 5.56 Å². The molecule has 1 saturated carbocycles. The van der Waals surface area contributed by atoms with Gasteiger partial charge in [-0.25, -0.2) is 27.2 Å². The number of nitrogens with one attached hydrogen (secondary N) is 3. The highest BCUT2D eigenvalue weighted by atomic mass is 32.2. The molecule has 36 heavy (non-hydrogen) atoms. The van der Waals surface area contributed by atoms with Gasteiger partial charge < -0.3 is 20.7 Å². The van der Waals surface area contributed by atoms with Crippen LogP contribution in [0.1, 0.15) is 44.5 Å². The molecule has 3 heterocycles. The molecule has 1 aliphatic heterocycles. The van der Waals surface area contributed by atoms with Gasteiger partial charge in [0.15, 0.2) is 21.3 Å². The van der Waals surface area contributed by atoms with Gasteiger partial charge in [-0.05, 0) is 38.8 Å². The molecule has 1 fully saturated rings. The van der Waals surface area contributed by atoms with E-state index in [2.05, 4.69) is 30.6 Å². The van der Waals surface area contributed by atoms with E-state index in [4.69, 9.17) is 0 Å². The van der Waals surface area contributed by atoms with Crippen molar-refractivity contribution in [2.24, 2.45) is 10.9 Å². The van der Waals surface area contributed by atoms with Gasteiger partial charge in [-0.15, -0.1) is 11.8 Å². The molecule has 0 radical (unpaired) electrons. The first-order valence-electron chi connectivity index (χ1n) is 11.4. The fraction of sp³-hybridized carbons (Fsp3) is 0.435. The minimum absolute atomic E-state index is 0.0114. The number of aliphatic hydroxyl groups excluding tert-OH is 1. The summed E-state index contributed by atoms with van der Waals surface area (Å²) in [5, 5.41) is 17.0. The number of sulfone groups is 1. The number of alkyl halides is 2. The van der Waals surface area contributed by atoms with E-state index in [1.165, 1.54) is 6.07 Å². The number of imidazole rings is 1. The third-order valence-corrected chi connectivity index (χ3v) is 8.50. The minimum Gasteiger partial charge on any atom is -0.373 e. The molecule has 0 saturated heterocycles. The van der Waals surface area contributed by atoms with Crippen molar-refractivity contribution in [1.29, 1.82) is 0 Å². The van der Waals surface area contributed by atoms with Crippen molar-refractivity contribution in [1.82, 2.24) is 15.0 Å². The molecule has 9 nitrogen and oxygen atoms in total. The summed E-state index contributed by atoms with van der Waals surface area (Å²) in [5.74, 6) is 0.562. The van der Waals surface area contributed by atoms with Crippen LogP contribution in [0.4, 0.5) is 26.0 Å². The molecule has 1 aliphatic carbocycles. The van der Waals surface area contributed by atoms with Crippen LogP contribution in [0.15, 0.2) is 34.2 Å². The number of aromatic nitrogens is 3. The molecule has 2 aliphatic rings. The van der Waals surface area contributed by atoms with E-state index in [1.54, 1.807) is 30.0 Å². The van der Waals surface area contributed by atoms with Crippen LogP contribution in [0.2, 0.25) is 0 Å². The number of aliphatic imine (C=N–C) groups is 1. The molecule has 1 unspecified atom stereocenters. The summed E-state index contributed by atoms with van der Waals surface area (Å²) in [6, 6.07) is 6.50. The number of anilines is 3. The van der Waals surface area contributed by atoms with Crippen molar-refractivity contribution in [3.05, 3.63) is 35.7 Å². The molecule has 4 N–H and O–H groups in total. The van der Waals surface area contributed by atoms with E-state index >= 15 is 0 Å². The Morgan fingerprint density at radius 2 is 1.94 bits per heavy atom. The minimum atomic E-state index is -3.67. The van der Waals surface area contributed by atoms with Gasteiger partial charge in [0.1, 0.15) is 17.6 Å². The average molecular weight is 537 g/mol. The first-order valence-corrected chi connectivity index (χ1v) is 14.2. The molecule has 2 aromatic heterocycles. The average Bonchev–Trinajstić information content (AvgIpc) is 3.45. The smallest absolute Gasteiger partial charge is 0.295 e. The summed E-state index contributed by atoms with van der Waals surface area (Å²) < 4.78 is 52.2. The van der Waals surface area contributed by atoms with E-state index in [0.717, 1.165) is 29.9 Å². The maximum atomic E-state index is 13.4. The van der Waals surface area contributed by atoms with Gasteiger partial charge in [-0.2, -0.15) is 0 Å². The second kappa shape index (κ2) is 8.96. The number of pyridine rings is 1. The molecule has 0 spiro atoms. The number of H-pyrrole nitrogens is 1. The lowest BCUT2D eigenvalue weighted by atomic mass is 10.1. The number of halogens is 2. The van der Waals surface area contributed by atoms with Gasteiger partial charge in [0.2, 0.25) is 0 Å². The van der Waals surface area contributed by atoms with Crippen LogP contribution in [0.25, 0.3) is 11.2 Å². The predicted octanol–water partition coefficient (Wildman–Crippen LogP) is 4.45. The number of rotatable bonds is 8. The van der Waals surface area contributed by atoms with Crippen LogP contribution in [0.5, 0.6) is 0 Å². The maximum absolute atomic E-state index is 13.4. The lowest BCUT2D eigenvalue weighted by Crippen LogP contribution is -2.21. The monoisotopic (exact) mass is 536 g/mol. The van der Waals surface area contributed by atoms with Crippen LogP contribution in [-0.4, -0.2) is 57.3 Å². The zero-order chi connectivity index (χ0) is 25.8. The molecule has 3 aromatic rings. The third-order valence-electron chi connectivity index (χ3n) is 5.91. The number of nitrogens with zero attached hydrogens (tertiary/aromatic N) is 3. The Kier molecular flexibility index (Phi) is 6.20. The number of hydrogen-bond donors (Lipinski definition) is 4. The second-order valence-corrected chi connectivity index (χ2v) is 12.7. The van der Waals surface area contributed by atoms with Gasteiger partial charge in [0, 0.05) is 29.6 Å². The van der Waals surface area contributed by atoms with Gasteiger partial charge in [-0.3, -0.25) is 4.99 Å². The van der Waals surface area contributed by atoms with Crippen LogP contribution in [0.3, 0.4) is 0 Å². The van der Waals surface area contributed by atoms with E-state index in [9.17, 15) is 22.3 Å². The van der Waals surface area contributed by atoms with Crippen LogP contribution in [0, 0.1) is 5.92 Å². The van der Waals surface area contributed by atoms with Crippen molar-refractivity contribution >= 4 is 55.0 Å². The Bertz CT molecular complexity index is 1470. The van der Waals surface area contributed by atoms with E-state index < -0.39 is 28.3 Å². The summed E-state index contributed by atoms with van der Waals surface area (Å²) in [6.07, 6.45) is -0.817. The van der Waals surface area contributed by atoms with Crippen LogP contribution < -0.4 is 10.6 Å². The summed E-state index contributed by atoms with van der Waals surface area (Å²) >= 11 is 1.56. The highest BCUT2D eigenvalue weighted by Gasteiger charge is 2.31. The predicted molar refractivity (Wildman–Crippen MR) is 137 cm³/mol. The zero-order valence-corrected chi connectivity index (χ0v) is 21.5. The second-order valence-electron chi connectivity index (χ2n) is 9.73. The molecule has 0 bridgehead atoms. The first kappa shape index (κ1) is 24.9. The first-order chi connectivity index (χ1) is 16.9. The highest BCUT2D eigenvalue weighted by Crippen LogP contribution is 2.36. The Labute approximate surface area is 211 Å². The fourth-order valence-electron chi connectivity index (χ4n) is 3.91. The Morgan fingerprint density at radius 3 is 2.56 bits per heavy atom. The summed E-state index contributed by atoms with van der Waals surface area (Å²) in [5.41, 5.74) is 1.21. The molecule has 192 valence electrons. The van der Waals surface area contributed by atoms with E-state index in [-0.39, 0.29) is 44.7 Å². The topological polar surface area (TPSA) is 132 Å². The Balaban J connectivity index is 1.57. The molecule has 13 heteroatoms. The number of fused-ring (bicyclic) bond motifs is 1. The number of aliphatic hydroxyl groups is 1. The Morgan fingerprint density at radius 1 is 1.19 bits per heavy atom. The van der Waals surface area contributed by atoms with Gasteiger partial charge in [0.25, 0.3) is 6.43 Å². The number of hydrogen-bond acceptors (Lipinski definition) is 9. The third kappa shape index (κ3) is 5.18. The van der Waals surface area contributed by atoms with Crippen molar-refractivity contribution in [3.8, 4) is 0 Å². The van der Waals surface area contributed by atoms with E-state index in [1.807, 2.05) is 13.8 Å². The number of aromatic amines is 1. The van der Waals surface area contributed by atoms with Crippen LogP contribution in [-0.2, 0) is 9.84 Å². The molecular formula is C23H26F2N6O3S2. The summed E-state index contributed by atoms with van der Waals surface area (Å²) in [6.45, 7) is 4.03.